The van der Waals surface area contributed by atoms with Crippen LogP contribution in [0, 0.1) is 6.92 Å². The molecular formula is C32H35N5O5S2. The highest BCUT2D eigenvalue weighted by atomic mass is 32.2. The van der Waals surface area contributed by atoms with E-state index >= 15 is 0 Å². The molecule has 2 amide bonds. The van der Waals surface area contributed by atoms with Gasteiger partial charge in [0, 0.05) is 10.6 Å². The molecule has 0 saturated heterocycles. The van der Waals surface area contributed by atoms with E-state index in [1.165, 1.54) is 23.1 Å². The SMILES string of the molecule is CCOC(=O)c1c(NC(=O)C(C)Sc2nnc(CNC(=O)Cc3ccc(OC)cc3)n2-c2cccc(C)c2)sc2c1CCC2. The maximum absolute atomic E-state index is 13.4. The zero-order valence-electron chi connectivity index (χ0n) is 25.1. The van der Waals surface area contributed by atoms with Gasteiger partial charge in [-0.05, 0) is 81.0 Å². The van der Waals surface area contributed by atoms with Gasteiger partial charge < -0.3 is 20.1 Å². The number of amides is 2. The number of carbonyl (C=O) groups excluding carboxylic acids is 3. The van der Waals surface area contributed by atoms with Crippen LogP contribution in [0.2, 0.25) is 0 Å². The van der Waals surface area contributed by atoms with Crippen molar-refractivity contribution in [3.8, 4) is 11.4 Å². The lowest BCUT2D eigenvalue weighted by Gasteiger charge is -2.15. The number of rotatable bonds is 12. The fourth-order valence-electron chi connectivity index (χ4n) is 5.02. The Hall–Kier alpha value is -4.16. The number of nitrogens with one attached hydrogen (secondary N) is 2. The number of hydrogen-bond acceptors (Lipinski definition) is 9. The minimum Gasteiger partial charge on any atom is -0.497 e. The average molecular weight is 634 g/mol. The van der Waals surface area contributed by atoms with Crippen molar-refractivity contribution in [3.63, 3.8) is 0 Å². The number of hydrogen-bond donors (Lipinski definition) is 2. The predicted molar refractivity (Wildman–Crippen MR) is 171 cm³/mol. The summed E-state index contributed by atoms with van der Waals surface area (Å²) in [5.41, 5.74) is 4.20. The third kappa shape index (κ3) is 7.13. The summed E-state index contributed by atoms with van der Waals surface area (Å²) in [6.07, 6.45) is 2.90. The smallest absolute Gasteiger partial charge is 0.341 e. The lowest BCUT2D eigenvalue weighted by Crippen LogP contribution is -2.26. The summed E-state index contributed by atoms with van der Waals surface area (Å²) in [5.74, 6) is 0.449. The molecule has 1 aliphatic rings. The predicted octanol–water partition coefficient (Wildman–Crippen LogP) is 5.29. The Balaban J connectivity index is 1.32. The standard InChI is InChI=1S/C32H35N5O5S2/c1-5-42-31(40)28-24-10-7-11-25(24)44-30(28)34-29(39)20(3)43-32-36-35-26(37(32)22-9-6-8-19(2)16-22)18-33-27(38)17-21-12-14-23(41-4)15-13-21/h6,8-9,12-16,20H,5,7,10-11,17-18H2,1-4H3,(H,33,38)(H,34,39). The van der Waals surface area contributed by atoms with Crippen LogP contribution < -0.4 is 15.4 Å². The van der Waals surface area contributed by atoms with Gasteiger partial charge in [-0.25, -0.2) is 4.79 Å². The first-order chi connectivity index (χ1) is 21.3. The molecule has 44 heavy (non-hydrogen) atoms. The molecule has 230 valence electrons. The summed E-state index contributed by atoms with van der Waals surface area (Å²) in [6, 6.07) is 15.2. The number of aromatic nitrogens is 3. The molecule has 4 aromatic rings. The fraction of sp³-hybridized carbons (Fsp3) is 0.344. The molecule has 2 N–H and O–H groups in total. The van der Waals surface area contributed by atoms with Crippen LogP contribution in [0.15, 0.2) is 53.7 Å². The normalized spacial score (nSPS) is 12.8. The van der Waals surface area contributed by atoms with E-state index in [-0.39, 0.29) is 31.4 Å². The van der Waals surface area contributed by atoms with Gasteiger partial charge in [0.2, 0.25) is 11.8 Å². The second kappa shape index (κ2) is 14.1. The zero-order valence-corrected chi connectivity index (χ0v) is 26.8. The molecule has 0 fully saturated rings. The molecule has 10 nitrogen and oxygen atoms in total. The highest BCUT2D eigenvalue weighted by Crippen LogP contribution is 2.40. The molecular weight excluding hydrogens is 599 g/mol. The molecule has 5 rings (SSSR count). The monoisotopic (exact) mass is 633 g/mol. The number of carbonyl (C=O) groups is 3. The van der Waals surface area contributed by atoms with Gasteiger partial charge in [-0.3, -0.25) is 14.2 Å². The minimum absolute atomic E-state index is 0.153. The van der Waals surface area contributed by atoms with Crippen molar-refractivity contribution in [1.29, 1.82) is 0 Å². The Kier molecular flexibility index (Phi) is 10.0. The van der Waals surface area contributed by atoms with E-state index in [4.69, 9.17) is 9.47 Å². The molecule has 12 heteroatoms. The zero-order chi connectivity index (χ0) is 31.2. The number of methoxy groups -OCH3 is 1. The third-order valence-electron chi connectivity index (χ3n) is 7.22. The number of anilines is 1. The van der Waals surface area contributed by atoms with E-state index in [0.717, 1.165) is 52.3 Å². The van der Waals surface area contributed by atoms with Gasteiger partial charge in [0.15, 0.2) is 11.0 Å². The van der Waals surface area contributed by atoms with Crippen LogP contribution in [0.5, 0.6) is 5.75 Å². The van der Waals surface area contributed by atoms with E-state index in [2.05, 4.69) is 20.8 Å². The van der Waals surface area contributed by atoms with Crippen molar-refractivity contribution < 1.29 is 23.9 Å². The van der Waals surface area contributed by atoms with Crippen molar-refractivity contribution in [2.45, 2.75) is 63.4 Å². The van der Waals surface area contributed by atoms with Gasteiger partial charge in [-0.1, -0.05) is 36.0 Å². The maximum atomic E-state index is 13.4. The number of benzene rings is 2. The van der Waals surface area contributed by atoms with Crippen LogP contribution in [0.4, 0.5) is 5.00 Å². The number of nitrogens with zero attached hydrogens (tertiary/aromatic N) is 3. The maximum Gasteiger partial charge on any atom is 0.341 e. The average Bonchev–Trinajstić information content (AvgIpc) is 3.71. The van der Waals surface area contributed by atoms with Gasteiger partial charge in [0.05, 0.1) is 37.5 Å². The van der Waals surface area contributed by atoms with Gasteiger partial charge in [-0.2, -0.15) is 0 Å². The largest absolute Gasteiger partial charge is 0.497 e. The Morgan fingerprint density at radius 3 is 2.64 bits per heavy atom. The molecule has 0 spiro atoms. The summed E-state index contributed by atoms with van der Waals surface area (Å²) < 4.78 is 12.4. The number of ether oxygens (including phenoxy) is 2. The number of aryl methyl sites for hydroxylation is 2. The molecule has 1 atom stereocenters. The topological polar surface area (TPSA) is 124 Å². The Morgan fingerprint density at radius 1 is 1.11 bits per heavy atom. The molecule has 1 unspecified atom stereocenters. The second-order valence-electron chi connectivity index (χ2n) is 10.4. The van der Waals surface area contributed by atoms with Gasteiger partial charge in [-0.15, -0.1) is 21.5 Å². The molecule has 0 bridgehead atoms. The van der Waals surface area contributed by atoms with Crippen LogP contribution in [-0.2, 0) is 40.1 Å². The summed E-state index contributed by atoms with van der Waals surface area (Å²) in [5, 5.41) is 15.2. The first-order valence-electron chi connectivity index (χ1n) is 14.5. The van der Waals surface area contributed by atoms with Crippen molar-refractivity contribution >= 4 is 45.9 Å². The fourth-order valence-corrected chi connectivity index (χ4v) is 7.19. The quantitative estimate of drug-likeness (QED) is 0.159. The number of esters is 1. The summed E-state index contributed by atoms with van der Waals surface area (Å²) in [7, 11) is 1.60. The third-order valence-corrected chi connectivity index (χ3v) is 9.47. The van der Waals surface area contributed by atoms with Crippen LogP contribution in [0.25, 0.3) is 5.69 Å². The number of fused-ring (bicyclic) bond motifs is 1. The van der Waals surface area contributed by atoms with Crippen LogP contribution >= 0.6 is 23.1 Å². The molecule has 2 aromatic heterocycles. The Bertz CT molecular complexity index is 1660. The highest BCUT2D eigenvalue weighted by molar-refractivity contribution is 8.00. The Labute approximate surface area is 264 Å². The second-order valence-corrected chi connectivity index (χ2v) is 12.8. The first-order valence-corrected chi connectivity index (χ1v) is 16.2. The van der Waals surface area contributed by atoms with Crippen molar-refractivity contribution in [1.82, 2.24) is 20.1 Å². The van der Waals surface area contributed by atoms with Crippen molar-refractivity contribution in [3.05, 3.63) is 81.5 Å². The van der Waals surface area contributed by atoms with Crippen LogP contribution in [-0.4, -0.2) is 51.5 Å². The highest BCUT2D eigenvalue weighted by Gasteiger charge is 2.30. The summed E-state index contributed by atoms with van der Waals surface area (Å²) in [4.78, 5) is 40.1. The lowest BCUT2D eigenvalue weighted by atomic mass is 10.1. The molecule has 0 saturated carbocycles. The lowest BCUT2D eigenvalue weighted by molar-refractivity contribution is -0.120. The number of thioether (sulfide) groups is 1. The Morgan fingerprint density at radius 2 is 1.91 bits per heavy atom. The summed E-state index contributed by atoms with van der Waals surface area (Å²) >= 11 is 2.71. The molecule has 1 aliphatic carbocycles. The van der Waals surface area contributed by atoms with E-state index < -0.39 is 11.2 Å². The molecule has 2 heterocycles. The van der Waals surface area contributed by atoms with Crippen molar-refractivity contribution in [2.24, 2.45) is 0 Å². The van der Waals surface area contributed by atoms with Gasteiger partial charge in [0.25, 0.3) is 0 Å². The minimum atomic E-state index is -0.563. The van der Waals surface area contributed by atoms with E-state index in [1.807, 2.05) is 60.0 Å². The van der Waals surface area contributed by atoms with Gasteiger partial charge >= 0.3 is 5.97 Å². The van der Waals surface area contributed by atoms with E-state index in [0.29, 0.717) is 21.5 Å². The molecule has 0 aliphatic heterocycles. The molecule has 2 aromatic carbocycles. The van der Waals surface area contributed by atoms with Crippen LogP contribution in [0.1, 0.15) is 58.0 Å². The first kappa shape index (κ1) is 31.3. The molecule has 0 radical (unpaired) electrons. The van der Waals surface area contributed by atoms with E-state index in [1.54, 1.807) is 21.0 Å². The van der Waals surface area contributed by atoms with Gasteiger partial charge in [0.1, 0.15) is 10.8 Å². The van der Waals surface area contributed by atoms with Crippen molar-refractivity contribution in [2.75, 3.05) is 19.0 Å². The number of thiophene rings is 1. The van der Waals surface area contributed by atoms with E-state index in [9.17, 15) is 14.4 Å². The van der Waals surface area contributed by atoms with Crippen LogP contribution in [0.3, 0.4) is 0 Å². The summed E-state index contributed by atoms with van der Waals surface area (Å²) in [6.45, 7) is 5.97.